The summed E-state index contributed by atoms with van der Waals surface area (Å²) in [5, 5.41) is 3.14. The monoisotopic (exact) mass is 427 g/mol. The summed E-state index contributed by atoms with van der Waals surface area (Å²) in [6.07, 6.45) is -3.14. The van der Waals surface area contributed by atoms with E-state index < -0.39 is 29.4 Å². The molecule has 0 bridgehead atoms. The molecule has 1 aliphatic heterocycles. The number of benzene rings is 1. The molecule has 2 heterocycles. The van der Waals surface area contributed by atoms with Crippen molar-refractivity contribution in [3.05, 3.63) is 65.0 Å². The van der Waals surface area contributed by atoms with Gasteiger partial charge in [-0.2, -0.15) is 13.2 Å². The highest BCUT2D eigenvalue weighted by Gasteiger charge is 2.34. The summed E-state index contributed by atoms with van der Waals surface area (Å²) >= 11 is 0. The molecule has 30 heavy (non-hydrogen) atoms. The van der Waals surface area contributed by atoms with Crippen LogP contribution in [0.5, 0.6) is 0 Å². The Morgan fingerprint density at radius 3 is 2.53 bits per heavy atom. The number of aromatic nitrogens is 1. The van der Waals surface area contributed by atoms with Crippen molar-refractivity contribution in [2.24, 2.45) is 5.92 Å². The van der Waals surface area contributed by atoms with Crippen LogP contribution in [0.15, 0.2) is 36.4 Å². The molecule has 1 saturated heterocycles. The van der Waals surface area contributed by atoms with E-state index in [0.717, 1.165) is 18.2 Å². The van der Waals surface area contributed by atoms with E-state index in [1.54, 1.807) is 7.05 Å². The fourth-order valence-corrected chi connectivity index (χ4v) is 3.82. The maximum absolute atomic E-state index is 14.0. The van der Waals surface area contributed by atoms with E-state index >= 15 is 0 Å². The number of likely N-dealkylation sites (tertiary alicyclic amines) is 1. The van der Waals surface area contributed by atoms with Gasteiger partial charge in [0.1, 0.15) is 23.0 Å². The molecule has 9 heteroatoms. The summed E-state index contributed by atoms with van der Waals surface area (Å²) in [7, 11) is 1.74. The number of halogens is 5. The molecule has 4 nitrogen and oxygen atoms in total. The summed E-state index contributed by atoms with van der Waals surface area (Å²) < 4.78 is 65.9. The molecule has 0 radical (unpaired) electrons. The second-order valence-electron chi connectivity index (χ2n) is 7.37. The van der Waals surface area contributed by atoms with E-state index in [1.165, 1.54) is 23.1 Å². The Balaban J connectivity index is 1.63. The van der Waals surface area contributed by atoms with Gasteiger partial charge < -0.3 is 10.2 Å². The van der Waals surface area contributed by atoms with Gasteiger partial charge in [0.05, 0.1) is 0 Å². The molecular formula is C21H22F5N3O. The van der Waals surface area contributed by atoms with Crippen molar-refractivity contribution in [3.63, 3.8) is 0 Å². The zero-order valence-corrected chi connectivity index (χ0v) is 16.3. The number of hydrogen-bond donors (Lipinski definition) is 1. The number of nitrogens with zero attached hydrogens (tertiary/aromatic N) is 2. The van der Waals surface area contributed by atoms with Gasteiger partial charge in [-0.05, 0) is 68.1 Å². The van der Waals surface area contributed by atoms with E-state index in [9.17, 15) is 26.7 Å². The lowest BCUT2D eigenvalue weighted by molar-refractivity contribution is -0.141. The topological polar surface area (TPSA) is 45.2 Å². The molecule has 2 aromatic rings. The molecule has 1 aliphatic rings. The van der Waals surface area contributed by atoms with Crippen LogP contribution in [0.2, 0.25) is 0 Å². The minimum absolute atomic E-state index is 0.108. The molecule has 0 spiro atoms. The number of alkyl halides is 3. The number of hydrogen-bond acceptors (Lipinski definition) is 3. The first-order chi connectivity index (χ1) is 14.2. The molecule has 0 aliphatic carbocycles. The van der Waals surface area contributed by atoms with Crippen molar-refractivity contribution in [1.29, 1.82) is 0 Å². The first-order valence-electron chi connectivity index (χ1n) is 9.63. The molecule has 1 aromatic carbocycles. The number of piperidine rings is 1. The van der Waals surface area contributed by atoms with Gasteiger partial charge in [-0.15, -0.1) is 0 Å². The second kappa shape index (κ2) is 9.07. The Morgan fingerprint density at radius 1 is 1.20 bits per heavy atom. The summed E-state index contributed by atoms with van der Waals surface area (Å²) in [6, 6.07) is 6.49. The van der Waals surface area contributed by atoms with Gasteiger partial charge in [-0.3, -0.25) is 4.79 Å². The Labute approximate surface area is 171 Å². The van der Waals surface area contributed by atoms with Crippen LogP contribution in [0.3, 0.4) is 0 Å². The maximum atomic E-state index is 14.0. The van der Waals surface area contributed by atoms with Crippen LogP contribution in [-0.2, 0) is 12.6 Å². The van der Waals surface area contributed by atoms with Crippen molar-refractivity contribution in [2.45, 2.75) is 31.5 Å². The van der Waals surface area contributed by atoms with Crippen LogP contribution in [-0.4, -0.2) is 42.0 Å². The predicted molar refractivity (Wildman–Crippen MR) is 101 cm³/mol. The van der Waals surface area contributed by atoms with E-state index in [1.807, 2.05) is 0 Å². The largest absolute Gasteiger partial charge is 0.433 e. The molecule has 1 aromatic heterocycles. The number of nitrogens with one attached hydrogen (secondary N) is 1. The van der Waals surface area contributed by atoms with Gasteiger partial charge in [-0.25, -0.2) is 13.8 Å². The van der Waals surface area contributed by atoms with Gasteiger partial charge >= 0.3 is 6.18 Å². The molecule has 0 saturated carbocycles. The lowest BCUT2D eigenvalue weighted by atomic mass is 9.85. The van der Waals surface area contributed by atoms with Gasteiger partial charge in [0.2, 0.25) is 0 Å². The quantitative estimate of drug-likeness (QED) is 0.732. The third-order valence-electron chi connectivity index (χ3n) is 5.47. The van der Waals surface area contributed by atoms with Crippen LogP contribution in [0.25, 0.3) is 0 Å². The lowest BCUT2D eigenvalue weighted by Gasteiger charge is -2.36. The molecule has 1 amide bonds. The van der Waals surface area contributed by atoms with E-state index in [-0.39, 0.29) is 23.2 Å². The average molecular weight is 427 g/mol. The molecule has 3 rings (SSSR count). The summed E-state index contributed by atoms with van der Waals surface area (Å²) in [4.78, 5) is 17.5. The first-order valence-corrected chi connectivity index (χ1v) is 9.63. The smallest absolute Gasteiger partial charge is 0.337 e. The number of rotatable bonds is 5. The Bertz CT molecular complexity index is 894. The number of amides is 1. The number of likely N-dealkylation sites (N-methyl/N-ethyl adjacent to an activating group) is 1. The Hall–Kier alpha value is -2.55. The minimum Gasteiger partial charge on any atom is -0.337 e. The molecule has 1 atom stereocenters. The highest BCUT2D eigenvalue weighted by atomic mass is 19.4. The van der Waals surface area contributed by atoms with Crippen LogP contribution in [0.1, 0.15) is 34.6 Å². The van der Waals surface area contributed by atoms with Gasteiger partial charge in [0.25, 0.3) is 5.91 Å². The molecular weight excluding hydrogens is 405 g/mol. The highest BCUT2D eigenvalue weighted by Crippen LogP contribution is 2.28. The van der Waals surface area contributed by atoms with Crippen molar-refractivity contribution in [2.75, 3.05) is 20.1 Å². The maximum Gasteiger partial charge on any atom is 0.433 e. The summed E-state index contributed by atoms with van der Waals surface area (Å²) in [5.41, 5.74) is -1.06. The molecule has 162 valence electrons. The third kappa shape index (κ3) is 5.13. The SMILES string of the molecule is CNC(Cc1cc(F)ccc1F)C1CCN(C(=O)c2cccc(C(F)(F)F)n2)CC1. The highest BCUT2D eigenvalue weighted by molar-refractivity contribution is 5.92. The predicted octanol–water partition coefficient (Wildman–Crippen LogP) is 4.06. The van der Waals surface area contributed by atoms with Crippen molar-refractivity contribution >= 4 is 5.91 Å². The number of pyridine rings is 1. The average Bonchev–Trinajstić information content (AvgIpc) is 2.73. The molecule has 1 fully saturated rings. The van der Waals surface area contributed by atoms with Crippen LogP contribution >= 0.6 is 0 Å². The number of carbonyl (C=O) groups is 1. The van der Waals surface area contributed by atoms with Gasteiger partial charge in [-0.1, -0.05) is 6.07 Å². The fourth-order valence-electron chi connectivity index (χ4n) is 3.82. The molecule has 1 N–H and O–H groups in total. The standard InChI is InChI=1S/C21H22F5N3O/c1-27-18(12-14-11-15(22)5-6-16(14)23)13-7-9-29(10-8-13)20(30)17-3-2-4-19(28-17)21(24,25)26/h2-6,11,13,18,27H,7-10,12H2,1H3. The third-order valence-corrected chi connectivity index (χ3v) is 5.47. The zero-order chi connectivity index (χ0) is 21.9. The Kier molecular flexibility index (Phi) is 6.70. The van der Waals surface area contributed by atoms with Crippen molar-refractivity contribution < 1.29 is 26.7 Å². The van der Waals surface area contributed by atoms with Crippen molar-refractivity contribution in [3.8, 4) is 0 Å². The van der Waals surface area contributed by atoms with Crippen molar-refractivity contribution in [1.82, 2.24) is 15.2 Å². The minimum atomic E-state index is -4.62. The summed E-state index contributed by atoms with van der Waals surface area (Å²) in [6.45, 7) is 0.705. The zero-order valence-electron chi connectivity index (χ0n) is 16.3. The van der Waals surface area contributed by atoms with Crippen LogP contribution in [0.4, 0.5) is 22.0 Å². The van der Waals surface area contributed by atoms with Crippen LogP contribution < -0.4 is 5.32 Å². The lowest BCUT2D eigenvalue weighted by Crippen LogP contribution is -2.45. The summed E-state index contributed by atoms with van der Waals surface area (Å²) in [5.74, 6) is -1.41. The van der Waals surface area contributed by atoms with E-state index in [0.29, 0.717) is 32.4 Å². The fraction of sp³-hybridized carbons (Fsp3) is 0.429. The van der Waals surface area contributed by atoms with E-state index in [2.05, 4.69) is 10.3 Å². The molecule has 1 unspecified atom stereocenters. The van der Waals surface area contributed by atoms with Gasteiger partial charge in [0.15, 0.2) is 0 Å². The van der Waals surface area contributed by atoms with E-state index in [4.69, 9.17) is 0 Å². The number of carbonyl (C=O) groups excluding carboxylic acids is 1. The second-order valence-corrected chi connectivity index (χ2v) is 7.37. The normalized spacial score (nSPS) is 16.5. The Morgan fingerprint density at radius 2 is 1.90 bits per heavy atom. The first kappa shape index (κ1) is 22.1. The van der Waals surface area contributed by atoms with Gasteiger partial charge in [0, 0.05) is 19.1 Å². The van der Waals surface area contributed by atoms with Crippen LogP contribution in [0, 0.1) is 17.6 Å².